The van der Waals surface area contributed by atoms with Crippen LogP contribution in [0.25, 0.3) is 10.9 Å². The molecular weight excluding hydrogens is 314 g/mol. The predicted octanol–water partition coefficient (Wildman–Crippen LogP) is 3.31. The van der Waals surface area contributed by atoms with Crippen LogP contribution in [-0.2, 0) is 0 Å². The fraction of sp³-hybridized carbons (Fsp3) is 0.200. The van der Waals surface area contributed by atoms with Crippen LogP contribution < -0.4 is 21.2 Å². The molecule has 0 aliphatic carbocycles. The molecule has 0 aliphatic heterocycles. The number of rotatable bonds is 3. The molecule has 0 saturated carbocycles. The molecule has 128 valence electrons. The van der Waals surface area contributed by atoms with Crippen molar-refractivity contribution in [3.63, 3.8) is 0 Å². The monoisotopic (exact) mass is 335 g/mol. The number of hydrogen-bond donors (Lipinski definition) is 2. The Morgan fingerprint density at radius 2 is 1.64 bits per heavy atom. The molecule has 0 spiro atoms. The second-order valence-electron chi connectivity index (χ2n) is 6.37. The Morgan fingerprint density at radius 1 is 0.960 bits per heavy atom. The summed E-state index contributed by atoms with van der Waals surface area (Å²) in [4.78, 5) is 29.9. The molecule has 0 amide bonds. The molecule has 0 radical (unpaired) electrons. The topological polar surface area (TPSA) is 65.2 Å². The van der Waals surface area contributed by atoms with Crippen molar-refractivity contribution in [2.24, 2.45) is 0 Å². The first-order valence-electron chi connectivity index (χ1n) is 8.09. The summed E-state index contributed by atoms with van der Waals surface area (Å²) in [5.74, 6) is 0. The minimum absolute atomic E-state index is 0.189. The molecule has 1 heterocycles. The zero-order valence-electron chi connectivity index (χ0n) is 14.8. The Kier molecular flexibility index (Phi) is 4.31. The summed E-state index contributed by atoms with van der Waals surface area (Å²) in [5, 5.41) is 3.62. The highest BCUT2D eigenvalue weighted by atomic mass is 16.1. The molecule has 2 aromatic carbocycles. The molecule has 0 bridgehead atoms. The normalized spacial score (nSPS) is 10.7. The Bertz CT molecular complexity index is 1050. The van der Waals surface area contributed by atoms with Gasteiger partial charge in [-0.15, -0.1) is 0 Å². The lowest BCUT2D eigenvalue weighted by Crippen LogP contribution is -2.10. The molecule has 0 unspecified atom stereocenters. The van der Waals surface area contributed by atoms with Gasteiger partial charge < -0.3 is 15.2 Å². The van der Waals surface area contributed by atoms with Gasteiger partial charge in [0.25, 0.3) is 5.56 Å². The molecule has 0 saturated heterocycles. The van der Waals surface area contributed by atoms with E-state index in [9.17, 15) is 9.59 Å². The van der Waals surface area contributed by atoms with Crippen LogP contribution in [0.2, 0.25) is 0 Å². The van der Waals surface area contributed by atoms with Crippen LogP contribution in [-0.4, -0.2) is 19.1 Å². The van der Waals surface area contributed by atoms with Crippen molar-refractivity contribution in [3.8, 4) is 0 Å². The van der Waals surface area contributed by atoms with Gasteiger partial charge in [0.2, 0.25) is 5.43 Å². The first-order valence-corrected chi connectivity index (χ1v) is 8.09. The van der Waals surface area contributed by atoms with Gasteiger partial charge in [0.15, 0.2) is 0 Å². The molecule has 3 rings (SSSR count). The second-order valence-corrected chi connectivity index (χ2v) is 6.37. The molecule has 5 heteroatoms. The number of anilines is 3. The summed E-state index contributed by atoms with van der Waals surface area (Å²) < 4.78 is 0. The number of benzene rings is 2. The molecule has 0 atom stereocenters. The highest BCUT2D eigenvalue weighted by Gasteiger charge is 2.09. The third kappa shape index (κ3) is 3.26. The van der Waals surface area contributed by atoms with Crippen LogP contribution in [0.5, 0.6) is 0 Å². The van der Waals surface area contributed by atoms with Gasteiger partial charge in [-0.2, -0.15) is 0 Å². The van der Waals surface area contributed by atoms with Crippen molar-refractivity contribution in [2.75, 3.05) is 24.3 Å². The van der Waals surface area contributed by atoms with E-state index in [2.05, 4.69) is 10.3 Å². The lowest BCUT2D eigenvalue weighted by Gasteiger charge is -2.13. The predicted molar refractivity (Wildman–Crippen MR) is 104 cm³/mol. The number of aromatic nitrogens is 1. The quantitative estimate of drug-likeness (QED) is 0.771. The van der Waals surface area contributed by atoms with Crippen LogP contribution in [0.3, 0.4) is 0 Å². The van der Waals surface area contributed by atoms with E-state index in [-0.39, 0.29) is 16.7 Å². The van der Waals surface area contributed by atoms with Crippen LogP contribution in [0, 0.1) is 13.8 Å². The Hall–Kier alpha value is -3.08. The smallest absolute Gasteiger partial charge is 0.250 e. The van der Waals surface area contributed by atoms with Crippen molar-refractivity contribution in [1.82, 2.24) is 4.98 Å². The van der Waals surface area contributed by atoms with Gasteiger partial charge in [-0.1, -0.05) is 6.07 Å². The summed E-state index contributed by atoms with van der Waals surface area (Å²) >= 11 is 0. The van der Waals surface area contributed by atoms with Crippen molar-refractivity contribution >= 4 is 28.0 Å². The summed E-state index contributed by atoms with van der Waals surface area (Å²) in [6.07, 6.45) is 0. The third-order valence-corrected chi connectivity index (χ3v) is 4.40. The minimum Gasteiger partial charge on any atom is -0.378 e. The van der Waals surface area contributed by atoms with Crippen LogP contribution in [0.4, 0.5) is 17.1 Å². The van der Waals surface area contributed by atoms with Crippen molar-refractivity contribution in [1.29, 1.82) is 0 Å². The minimum atomic E-state index is -0.317. The largest absolute Gasteiger partial charge is 0.378 e. The fourth-order valence-electron chi connectivity index (χ4n) is 2.80. The van der Waals surface area contributed by atoms with E-state index < -0.39 is 0 Å². The Balaban J connectivity index is 2.16. The maximum absolute atomic E-state index is 13.0. The average Bonchev–Trinajstić information content (AvgIpc) is 2.69. The summed E-state index contributed by atoms with van der Waals surface area (Å²) in [6, 6.07) is 12.7. The van der Waals surface area contributed by atoms with Gasteiger partial charge in [0.1, 0.15) is 0 Å². The SMILES string of the molecule is Cc1ccc2[nH]c(=O)cc(Nc3ccc(N(C)C)cc3)c(=O)c2c1C. The Labute approximate surface area is 145 Å². The number of hydrogen-bond acceptors (Lipinski definition) is 4. The van der Waals surface area contributed by atoms with E-state index in [0.717, 1.165) is 22.5 Å². The number of aromatic amines is 1. The van der Waals surface area contributed by atoms with E-state index >= 15 is 0 Å². The lowest BCUT2D eigenvalue weighted by molar-refractivity contribution is 1.13. The molecular formula is C20H21N3O2. The zero-order valence-corrected chi connectivity index (χ0v) is 14.8. The molecule has 0 aliphatic rings. The average molecular weight is 335 g/mol. The van der Waals surface area contributed by atoms with E-state index in [0.29, 0.717) is 10.9 Å². The summed E-state index contributed by atoms with van der Waals surface area (Å²) in [5.41, 5.74) is 4.01. The molecule has 3 aromatic rings. The van der Waals surface area contributed by atoms with E-state index in [4.69, 9.17) is 0 Å². The Morgan fingerprint density at radius 3 is 2.28 bits per heavy atom. The van der Waals surface area contributed by atoms with Gasteiger partial charge in [0.05, 0.1) is 16.6 Å². The number of aryl methyl sites for hydroxylation is 2. The number of nitrogens with one attached hydrogen (secondary N) is 2. The van der Waals surface area contributed by atoms with Crippen molar-refractivity contribution < 1.29 is 0 Å². The summed E-state index contributed by atoms with van der Waals surface area (Å²) in [6.45, 7) is 3.85. The van der Waals surface area contributed by atoms with Crippen LogP contribution in [0.15, 0.2) is 52.1 Å². The number of fused-ring (bicyclic) bond motifs is 1. The van der Waals surface area contributed by atoms with E-state index in [1.165, 1.54) is 6.07 Å². The maximum atomic E-state index is 13.0. The van der Waals surface area contributed by atoms with Gasteiger partial charge in [-0.05, 0) is 55.3 Å². The lowest BCUT2D eigenvalue weighted by atomic mass is 10.0. The van der Waals surface area contributed by atoms with Crippen LogP contribution >= 0.6 is 0 Å². The summed E-state index contributed by atoms with van der Waals surface area (Å²) in [7, 11) is 3.93. The highest BCUT2D eigenvalue weighted by molar-refractivity contribution is 5.85. The van der Waals surface area contributed by atoms with Crippen molar-refractivity contribution in [3.05, 3.63) is 74.2 Å². The van der Waals surface area contributed by atoms with Gasteiger partial charge in [-0.25, -0.2) is 0 Å². The third-order valence-electron chi connectivity index (χ3n) is 4.40. The molecule has 25 heavy (non-hydrogen) atoms. The zero-order chi connectivity index (χ0) is 18.1. The number of nitrogens with zero attached hydrogens (tertiary/aromatic N) is 1. The van der Waals surface area contributed by atoms with Gasteiger partial charge in [-0.3, -0.25) is 9.59 Å². The first kappa shape index (κ1) is 16.8. The molecule has 1 aromatic heterocycles. The number of H-pyrrole nitrogens is 1. The van der Waals surface area contributed by atoms with Crippen LogP contribution in [0.1, 0.15) is 11.1 Å². The maximum Gasteiger partial charge on any atom is 0.250 e. The highest BCUT2D eigenvalue weighted by Crippen LogP contribution is 2.20. The van der Waals surface area contributed by atoms with Gasteiger partial charge in [0, 0.05) is 31.5 Å². The fourth-order valence-corrected chi connectivity index (χ4v) is 2.80. The molecule has 2 N–H and O–H groups in total. The second kappa shape index (κ2) is 6.43. The van der Waals surface area contributed by atoms with E-state index in [1.54, 1.807) is 6.07 Å². The van der Waals surface area contributed by atoms with E-state index in [1.807, 2.05) is 63.2 Å². The molecule has 5 nitrogen and oxygen atoms in total. The standard InChI is InChI=1S/C20H21N3O2/c1-12-5-10-16-19(13(12)2)20(25)17(11-18(24)22-16)21-14-6-8-15(9-7-14)23(3)4/h5-11H,1-4H3,(H,21,25)(H,22,24). The first-order chi connectivity index (χ1) is 11.9. The molecule has 0 fully saturated rings. The van der Waals surface area contributed by atoms with Crippen molar-refractivity contribution in [2.45, 2.75) is 13.8 Å². The van der Waals surface area contributed by atoms with Gasteiger partial charge >= 0.3 is 0 Å².